The fourth-order valence-corrected chi connectivity index (χ4v) is 4.42. The number of nitrogens with zero attached hydrogens (tertiary/aromatic N) is 1. The van der Waals surface area contributed by atoms with Gasteiger partial charge in [0.05, 0.1) is 15.5 Å². The van der Waals surface area contributed by atoms with Crippen LogP contribution in [0.3, 0.4) is 0 Å². The summed E-state index contributed by atoms with van der Waals surface area (Å²) in [6.07, 6.45) is 1.18. The Bertz CT molecular complexity index is 1080. The maximum Gasteiger partial charge on any atom is 0.175 e. The molecular formula is C20H18FNO3S2. The van der Waals surface area contributed by atoms with Crippen LogP contribution in [0.5, 0.6) is 0 Å². The van der Waals surface area contributed by atoms with Crippen molar-refractivity contribution in [3.63, 3.8) is 0 Å². The van der Waals surface area contributed by atoms with Gasteiger partial charge < -0.3 is 4.84 Å². The normalized spacial score (nSPS) is 12.2. The quantitative estimate of drug-likeness (QED) is 0.445. The molecule has 27 heavy (non-hydrogen) atoms. The molecule has 7 heteroatoms. The van der Waals surface area contributed by atoms with Crippen molar-refractivity contribution in [1.82, 2.24) is 0 Å². The molecule has 4 nitrogen and oxygen atoms in total. The third kappa shape index (κ3) is 4.26. The molecule has 0 spiro atoms. The molecule has 0 aliphatic carbocycles. The molecule has 0 aliphatic heterocycles. The lowest BCUT2D eigenvalue weighted by Crippen LogP contribution is -1.96. The first-order chi connectivity index (χ1) is 12.8. The van der Waals surface area contributed by atoms with Crippen LogP contribution in [0.1, 0.15) is 11.8 Å². The van der Waals surface area contributed by atoms with Gasteiger partial charge >= 0.3 is 0 Å². The zero-order valence-electron chi connectivity index (χ0n) is 15.1. The first-order valence-electron chi connectivity index (χ1n) is 8.08. The Balaban J connectivity index is 2.15. The van der Waals surface area contributed by atoms with Gasteiger partial charge in [-0.3, -0.25) is 0 Å². The van der Waals surface area contributed by atoms with Crippen LogP contribution in [-0.2, 0) is 14.7 Å². The molecule has 0 amide bonds. The number of hydrogen-bond donors (Lipinski definition) is 0. The predicted octanol–water partition coefficient (Wildman–Crippen LogP) is 5.00. The molecule has 140 valence electrons. The highest BCUT2D eigenvalue weighted by molar-refractivity contribution is 7.90. The summed E-state index contributed by atoms with van der Waals surface area (Å²) in [5.74, 6) is -0.299. The molecule has 0 aliphatic rings. The Morgan fingerprint density at radius 3 is 2.19 bits per heavy atom. The van der Waals surface area contributed by atoms with Crippen molar-refractivity contribution in [2.75, 3.05) is 13.4 Å². The Hall–Kier alpha value is -2.51. The van der Waals surface area contributed by atoms with Crippen LogP contribution in [-0.4, -0.2) is 27.5 Å². The van der Waals surface area contributed by atoms with Crippen LogP contribution >= 0.6 is 11.3 Å². The van der Waals surface area contributed by atoms with E-state index in [9.17, 15) is 12.8 Å². The van der Waals surface area contributed by atoms with Crippen molar-refractivity contribution in [3.05, 3.63) is 65.3 Å². The van der Waals surface area contributed by atoms with Crippen molar-refractivity contribution in [2.24, 2.45) is 5.16 Å². The first-order valence-corrected chi connectivity index (χ1v) is 10.8. The fraction of sp³-hybridized carbons (Fsp3) is 0.150. The predicted molar refractivity (Wildman–Crippen MR) is 107 cm³/mol. The molecule has 1 aromatic heterocycles. The summed E-state index contributed by atoms with van der Waals surface area (Å²) in [7, 11) is -1.77. The van der Waals surface area contributed by atoms with E-state index in [1.165, 1.54) is 36.8 Å². The first kappa shape index (κ1) is 19.3. The molecule has 1 heterocycles. The van der Waals surface area contributed by atoms with Crippen LogP contribution in [0.25, 0.3) is 21.6 Å². The van der Waals surface area contributed by atoms with Crippen LogP contribution < -0.4 is 0 Å². The number of benzene rings is 2. The van der Waals surface area contributed by atoms with Gasteiger partial charge in [-0.15, -0.1) is 11.3 Å². The van der Waals surface area contributed by atoms with Crippen LogP contribution in [0.2, 0.25) is 0 Å². The molecule has 0 saturated heterocycles. The summed E-state index contributed by atoms with van der Waals surface area (Å²) >= 11 is 1.52. The molecule has 0 N–H and O–H groups in total. The summed E-state index contributed by atoms with van der Waals surface area (Å²) in [5, 5.41) is 3.98. The van der Waals surface area contributed by atoms with Gasteiger partial charge in [-0.05, 0) is 48.4 Å². The smallest absolute Gasteiger partial charge is 0.175 e. The van der Waals surface area contributed by atoms with E-state index in [0.29, 0.717) is 0 Å². The molecule has 2 aromatic carbocycles. The topological polar surface area (TPSA) is 55.7 Å². The van der Waals surface area contributed by atoms with Gasteiger partial charge in [0.1, 0.15) is 12.9 Å². The van der Waals surface area contributed by atoms with Crippen molar-refractivity contribution in [1.29, 1.82) is 0 Å². The van der Waals surface area contributed by atoms with Crippen LogP contribution in [0, 0.1) is 5.82 Å². The summed E-state index contributed by atoms with van der Waals surface area (Å²) < 4.78 is 36.7. The third-order valence-corrected chi connectivity index (χ3v) is 6.44. The van der Waals surface area contributed by atoms with Crippen LogP contribution in [0.15, 0.2) is 64.6 Å². The molecule has 0 saturated carbocycles. The third-order valence-electron chi connectivity index (χ3n) is 4.02. The highest BCUT2D eigenvalue weighted by Crippen LogP contribution is 2.40. The second-order valence-electron chi connectivity index (χ2n) is 6.02. The van der Waals surface area contributed by atoms with E-state index in [2.05, 4.69) is 5.16 Å². The molecule has 0 fully saturated rings. The molecule has 3 aromatic rings. The number of rotatable bonds is 5. The highest BCUT2D eigenvalue weighted by atomic mass is 32.2. The minimum atomic E-state index is -3.26. The van der Waals surface area contributed by atoms with E-state index in [1.54, 1.807) is 36.4 Å². The van der Waals surface area contributed by atoms with Gasteiger partial charge in [-0.1, -0.05) is 29.4 Å². The summed E-state index contributed by atoms with van der Waals surface area (Å²) in [6, 6.07) is 15.0. The summed E-state index contributed by atoms with van der Waals surface area (Å²) in [5.41, 5.74) is 3.40. The van der Waals surface area contributed by atoms with Gasteiger partial charge in [0.2, 0.25) is 0 Å². The van der Waals surface area contributed by atoms with Gasteiger partial charge in [0.15, 0.2) is 9.84 Å². The van der Waals surface area contributed by atoms with Crippen molar-refractivity contribution >= 4 is 26.9 Å². The second kappa shape index (κ2) is 7.62. The van der Waals surface area contributed by atoms with Gasteiger partial charge in [-0.2, -0.15) is 0 Å². The molecule has 0 bridgehead atoms. The maximum atomic E-state index is 13.3. The number of oxime groups is 1. The lowest BCUT2D eigenvalue weighted by molar-refractivity contribution is 0.213. The molecule has 0 radical (unpaired) electrons. The second-order valence-corrected chi connectivity index (χ2v) is 9.08. The average molecular weight is 404 g/mol. The zero-order chi connectivity index (χ0) is 19.6. The highest BCUT2D eigenvalue weighted by Gasteiger charge is 2.16. The lowest BCUT2D eigenvalue weighted by atomic mass is 10.0. The number of halogens is 1. The van der Waals surface area contributed by atoms with Gasteiger partial charge in [0.25, 0.3) is 0 Å². The summed E-state index contributed by atoms with van der Waals surface area (Å²) in [6.45, 7) is 1.85. The lowest BCUT2D eigenvalue weighted by Gasteiger charge is -2.06. The maximum absolute atomic E-state index is 13.3. The number of hydrogen-bond acceptors (Lipinski definition) is 5. The van der Waals surface area contributed by atoms with Crippen molar-refractivity contribution in [3.8, 4) is 21.6 Å². The van der Waals surface area contributed by atoms with E-state index >= 15 is 0 Å². The van der Waals surface area contributed by atoms with Gasteiger partial charge in [-0.25, -0.2) is 12.8 Å². The van der Waals surface area contributed by atoms with Crippen LogP contribution in [0.4, 0.5) is 4.39 Å². The van der Waals surface area contributed by atoms with E-state index in [4.69, 9.17) is 4.84 Å². The van der Waals surface area contributed by atoms with Crippen molar-refractivity contribution < 1.29 is 17.6 Å². The Kier molecular flexibility index (Phi) is 5.43. The standard InChI is InChI=1S/C20H18FNO3S2/c1-13(22-25-2)19-12-18(14-6-10-17(11-7-14)27(3,23)24)20(26-19)15-4-8-16(21)9-5-15/h4-12H,1-3H3. The molecule has 0 unspecified atom stereocenters. The van der Waals surface area contributed by atoms with Crippen molar-refractivity contribution in [2.45, 2.75) is 11.8 Å². The van der Waals surface area contributed by atoms with E-state index in [1.807, 2.05) is 13.0 Å². The number of sulfone groups is 1. The van der Waals surface area contributed by atoms with E-state index < -0.39 is 9.84 Å². The fourth-order valence-electron chi connectivity index (χ4n) is 2.66. The zero-order valence-corrected chi connectivity index (χ0v) is 16.7. The minimum Gasteiger partial charge on any atom is -0.399 e. The Morgan fingerprint density at radius 1 is 1.04 bits per heavy atom. The SMILES string of the molecule is CON=C(C)c1cc(-c2ccc(S(C)(=O)=O)cc2)c(-c2ccc(F)cc2)s1. The Morgan fingerprint density at radius 2 is 1.63 bits per heavy atom. The monoisotopic (exact) mass is 403 g/mol. The van der Waals surface area contributed by atoms with Gasteiger partial charge in [0, 0.05) is 16.7 Å². The summed E-state index contributed by atoms with van der Waals surface area (Å²) in [4.78, 5) is 6.99. The molecular weight excluding hydrogens is 385 g/mol. The largest absolute Gasteiger partial charge is 0.399 e. The van der Waals surface area contributed by atoms with E-state index in [-0.39, 0.29) is 10.7 Å². The average Bonchev–Trinajstić information content (AvgIpc) is 3.07. The van der Waals surface area contributed by atoms with E-state index in [0.717, 1.165) is 32.2 Å². The Labute approximate surface area is 161 Å². The number of thiophene rings is 1. The molecule has 3 rings (SSSR count). The molecule has 0 atom stereocenters. The minimum absolute atomic E-state index is 0.266.